The van der Waals surface area contributed by atoms with E-state index in [1.165, 1.54) is 19.4 Å². The zero-order valence-corrected chi connectivity index (χ0v) is 22.3. The molecule has 0 bridgehead atoms. The van der Waals surface area contributed by atoms with Crippen molar-refractivity contribution in [3.63, 3.8) is 0 Å². The summed E-state index contributed by atoms with van der Waals surface area (Å²) in [6.07, 6.45) is 3.40. The van der Waals surface area contributed by atoms with Gasteiger partial charge >= 0.3 is 6.18 Å². The van der Waals surface area contributed by atoms with Gasteiger partial charge in [-0.3, -0.25) is 16.0 Å². The fourth-order valence-corrected chi connectivity index (χ4v) is 7.57. The molecule has 0 spiro atoms. The monoisotopic (exact) mass is 515 g/mol. The number of alkyl halides is 3. The van der Waals surface area contributed by atoms with Crippen molar-refractivity contribution in [3.8, 4) is 0 Å². The first-order valence-electron chi connectivity index (χ1n) is 14.5. The van der Waals surface area contributed by atoms with Gasteiger partial charge in [0.15, 0.2) is 0 Å². The van der Waals surface area contributed by atoms with Gasteiger partial charge in [-0.05, 0) is 83.0 Å². The summed E-state index contributed by atoms with van der Waals surface area (Å²) in [6, 6.07) is -0.0343. The van der Waals surface area contributed by atoms with Gasteiger partial charge in [0.2, 0.25) is 0 Å². The molecule has 0 radical (unpaired) electrons. The number of halogens is 3. The molecule has 6 nitrogen and oxygen atoms in total. The Morgan fingerprint density at radius 1 is 1.06 bits per heavy atom. The number of likely N-dealkylation sites (tertiary alicyclic amines) is 1. The normalized spacial score (nSPS) is 45.4. The van der Waals surface area contributed by atoms with Crippen molar-refractivity contribution < 1.29 is 17.9 Å². The molecule has 36 heavy (non-hydrogen) atoms. The summed E-state index contributed by atoms with van der Waals surface area (Å²) in [5, 5.41) is 11.1. The molecular weight excluding hydrogens is 467 g/mol. The highest BCUT2D eigenvalue weighted by Gasteiger charge is 2.47. The lowest BCUT2D eigenvalue weighted by atomic mass is 9.73. The molecular formula is C27H48F3N5O. The Balaban J connectivity index is 1.19. The summed E-state index contributed by atoms with van der Waals surface area (Å²) in [6.45, 7) is 9.94. The van der Waals surface area contributed by atoms with Gasteiger partial charge in [0.05, 0.1) is 30.5 Å². The summed E-state index contributed by atoms with van der Waals surface area (Å²) >= 11 is 0. The minimum Gasteiger partial charge on any atom is -0.373 e. The van der Waals surface area contributed by atoms with E-state index in [0.29, 0.717) is 30.4 Å². The second kappa shape index (κ2) is 11.0. The van der Waals surface area contributed by atoms with E-state index in [-0.39, 0.29) is 49.3 Å². The van der Waals surface area contributed by atoms with Crippen molar-refractivity contribution in [1.29, 1.82) is 0 Å². The van der Waals surface area contributed by atoms with Gasteiger partial charge in [-0.2, -0.15) is 13.2 Å². The Hall–Kier alpha value is -0.450. The van der Waals surface area contributed by atoms with Crippen molar-refractivity contribution >= 4 is 0 Å². The van der Waals surface area contributed by atoms with Gasteiger partial charge in [0, 0.05) is 43.7 Å². The number of ether oxygens (including phenoxy) is 1. The van der Waals surface area contributed by atoms with Gasteiger partial charge in [0.1, 0.15) is 0 Å². The van der Waals surface area contributed by atoms with Crippen molar-refractivity contribution in [2.45, 2.75) is 121 Å². The Labute approximate surface area is 215 Å². The highest BCUT2D eigenvalue weighted by molar-refractivity contribution is 5.00. The Morgan fingerprint density at radius 2 is 1.83 bits per heavy atom. The maximum absolute atomic E-state index is 13.5. The van der Waals surface area contributed by atoms with Crippen molar-refractivity contribution in [2.75, 3.05) is 19.6 Å². The molecule has 208 valence electrons. The smallest absolute Gasteiger partial charge is 0.373 e. The van der Waals surface area contributed by atoms with Crippen LogP contribution in [0.15, 0.2) is 0 Å². The fraction of sp³-hybridized carbons (Fsp3) is 1.00. The molecule has 3 saturated carbocycles. The molecule has 5 aliphatic rings. The van der Waals surface area contributed by atoms with Crippen LogP contribution in [0.1, 0.15) is 72.1 Å². The van der Waals surface area contributed by atoms with E-state index in [1.807, 2.05) is 6.92 Å². The molecule has 0 aromatic rings. The third kappa shape index (κ3) is 6.57. The average Bonchev–Trinajstić information content (AvgIpc) is 3.50. The number of hydrogen-bond donors (Lipinski definition) is 4. The summed E-state index contributed by atoms with van der Waals surface area (Å²) in [4.78, 5) is 2.58. The molecule has 9 heteroatoms. The van der Waals surface area contributed by atoms with Gasteiger partial charge in [-0.1, -0.05) is 6.92 Å². The predicted molar refractivity (Wildman–Crippen MR) is 135 cm³/mol. The van der Waals surface area contributed by atoms with E-state index in [1.54, 1.807) is 0 Å². The van der Waals surface area contributed by atoms with Gasteiger partial charge in [-0.15, -0.1) is 0 Å². The lowest BCUT2D eigenvalue weighted by molar-refractivity contribution is -0.188. The lowest BCUT2D eigenvalue weighted by Gasteiger charge is -2.51. The van der Waals surface area contributed by atoms with Gasteiger partial charge < -0.3 is 15.4 Å². The van der Waals surface area contributed by atoms with E-state index in [0.717, 1.165) is 38.3 Å². The first-order chi connectivity index (χ1) is 17.0. The standard InChI is InChI=1S/C27H48F3N5O/c1-15-8-24-23(12-25(15)36-22-6-7-35(14-22)13-18-4-5-18)26(34-17(3)33-24)32-16(2)19-9-20(27(28,29)30)11-21(31)10-19/h15-26,32-34H,4-14,31H2,1-3H3. The third-order valence-electron chi connectivity index (χ3n) is 9.81. The molecule has 11 unspecified atom stereocenters. The highest BCUT2D eigenvalue weighted by atomic mass is 19.4. The van der Waals surface area contributed by atoms with Crippen LogP contribution >= 0.6 is 0 Å². The molecule has 5 fully saturated rings. The SMILES string of the molecule is CC1NC2CC(C)C(OC3CCN(CC4CC4)C3)CC2C(NC(C)C2CC(N)CC(C(F)(F)F)C2)N1. The van der Waals surface area contributed by atoms with Crippen LogP contribution in [0.2, 0.25) is 0 Å². The maximum atomic E-state index is 13.5. The van der Waals surface area contributed by atoms with Crippen molar-refractivity contribution in [2.24, 2.45) is 35.3 Å². The van der Waals surface area contributed by atoms with Crippen LogP contribution in [0.25, 0.3) is 0 Å². The van der Waals surface area contributed by atoms with E-state index < -0.39 is 12.1 Å². The second-order valence-corrected chi connectivity index (χ2v) is 13.0. The molecule has 3 aliphatic carbocycles. The fourth-order valence-electron chi connectivity index (χ4n) is 7.57. The molecule has 11 atom stereocenters. The quantitative estimate of drug-likeness (QED) is 0.417. The largest absolute Gasteiger partial charge is 0.391 e. The van der Waals surface area contributed by atoms with Crippen LogP contribution in [0.3, 0.4) is 0 Å². The number of nitrogens with one attached hydrogen (secondary N) is 3. The number of hydrogen-bond acceptors (Lipinski definition) is 6. The predicted octanol–water partition coefficient (Wildman–Crippen LogP) is 3.42. The third-order valence-corrected chi connectivity index (χ3v) is 9.81. The first kappa shape index (κ1) is 27.1. The Kier molecular flexibility index (Phi) is 8.26. The second-order valence-electron chi connectivity index (χ2n) is 13.0. The summed E-state index contributed by atoms with van der Waals surface area (Å²) in [5.74, 6) is 0.380. The Bertz CT molecular complexity index is 737. The van der Waals surface area contributed by atoms with E-state index >= 15 is 0 Å². The summed E-state index contributed by atoms with van der Waals surface area (Å²) in [5.41, 5.74) is 6.09. The van der Waals surface area contributed by atoms with Crippen LogP contribution in [0, 0.1) is 29.6 Å². The molecule has 5 rings (SSSR count). The van der Waals surface area contributed by atoms with Crippen LogP contribution < -0.4 is 21.7 Å². The van der Waals surface area contributed by atoms with Crippen LogP contribution in [-0.4, -0.2) is 73.4 Å². The molecule has 2 aliphatic heterocycles. The topological polar surface area (TPSA) is 74.6 Å². The summed E-state index contributed by atoms with van der Waals surface area (Å²) < 4.78 is 47.3. The molecule has 2 saturated heterocycles. The highest BCUT2D eigenvalue weighted by Crippen LogP contribution is 2.41. The van der Waals surface area contributed by atoms with Crippen LogP contribution in [-0.2, 0) is 4.74 Å². The minimum absolute atomic E-state index is 0.0332. The lowest BCUT2D eigenvalue weighted by Crippen LogP contribution is -2.70. The van der Waals surface area contributed by atoms with E-state index in [9.17, 15) is 13.2 Å². The van der Waals surface area contributed by atoms with Crippen molar-refractivity contribution in [1.82, 2.24) is 20.9 Å². The average molecular weight is 516 g/mol. The Morgan fingerprint density at radius 3 is 2.56 bits per heavy atom. The first-order valence-corrected chi connectivity index (χ1v) is 14.5. The molecule has 0 aromatic carbocycles. The van der Waals surface area contributed by atoms with Crippen LogP contribution in [0.4, 0.5) is 13.2 Å². The number of nitrogens with zero attached hydrogens (tertiary/aromatic N) is 1. The molecule has 2 heterocycles. The van der Waals surface area contributed by atoms with E-state index in [2.05, 4.69) is 34.7 Å². The zero-order valence-electron chi connectivity index (χ0n) is 22.3. The minimum atomic E-state index is -4.17. The number of nitrogens with two attached hydrogens (primary N) is 1. The van der Waals surface area contributed by atoms with Gasteiger partial charge in [-0.25, -0.2) is 0 Å². The van der Waals surface area contributed by atoms with Crippen LogP contribution in [0.5, 0.6) is 0 Å². The number of fused-ring (bicyclic) bond motifs is 1. The maximum Gasteiger partial charge on any atom is 0.391 e. The summed E-state index contributed by atoms with van der Waals surface area (Å²) in [7, 11) is 0. The zero-order chi connectivity index (χ0) is 25.6. The van der Waals surface area contributed by atoms with Crippen molar-refractivity contribution in [3.05, 3.63) is 0 Å². The van der Waals surface area contributed by atoms with Gasteiger partial charge in [0.25, 0.3) is 0 Å². The molecule has 0 aromatic heterocycles. The van der Waals surface area contributed by atoms with E-state index in [4.69, 9.17) is 10.5 Å². The molecule has 0 amide bonds. The number of rotatable bonds is 7. The molecule has 5 N–H and O–H groups in total.